The molecule has 1 heterocycles. The summed E-state index contributed by atoms with van der Waals surface area (Å²) >= 11 is 0. The quantitative estimate of drug-likeness (QED) is 0.496. The summed E-state index contributed by atoms with van der Waals surface area (Å²) in [6.07, 6.45) is 20.9. The van der Waals surface area contributed by atoms with Gasteiger partial charge in [0.15, 0.2) is 0 Å². The second kappa shape index (κ2) is 9.74. The fraction of sp³-hybridized carbons (Fsp3) is 0.167. The topological polar surface area (TPSA) is 12.0 Å². The fourth-order valence-electron chi connectivity index (χ4n) is 0.925. The van der Waals surface area contributed by atoms with Gasteiger partial charge in [-0.3, -0.25) is 0 Å². The monoisotopic (exact) mass is 237 g/mol. The van der Waals surface area contributed by atoms with Crippen LogP contribution in [0, 0.1) is 0 Å². The van der Waals surface area contributed by atoms with Gasteiger partial charge >= 0.3 is 0 Å². The lowest BCUT2D eigenvalue weighted by Gasteiger charge is -1.75. The molecule has 0 spiro atoms. The molecule has 3 aliphatic rings. The molecule has 0 bridgehead atoms. The molecule has 1 N–H and O–H groups in total. The molecular formula is C12H15NS2. The third-order valence-corrected chi connectivity index (χ3v) is 3.09. The number of allylic oxidation sites excluding steroid dienone is 8. The molecule has 0 radical (unpaired) electrons. The van der Waals surface area contributed by atoms with E-state index in [1.54, 1.807) is 21.8 Å². The summed E-state index contributed by atoms with van der Waals surface area (Å²) in [5.41, 5.74) is 0. The van der Waals surface area contributed by atoms with E-state index in [1.807, 2.05) is 11.6 Å². The Morgan fingerprint density at radius 3 is 1.47 bits per heavy atom. The van der Waals surface area contributed by atoms with Crippen molar-refractivity contribution in [3.63, 3.8) is 0 Å². The van der Waals surface area contributed by atoms with Crippen LogP contribution in [0.4, 0.5) is 0 Å². The van der Waals surface area contributed by atoms with Crippen LogP contribution in [-0.4, -0.2) is 0 Å². The molecule has 0 saturated heterocycles. The third kappa shape index (κ3) is 8.21. The second-order valence-electron chi connectivity index (χ2n) is 2.78. The molecule has 0 amide bonds. The summed E-state index contributed by atoms with van der Waals surface area (Å²) in [5, 5.41) is 2.00. The Hall–Kier alpha value is -0.800. The second-order valence-corrected chi connectivity index (χ2v) is 4.73. The van der Waals surface area contributed by atoms with Gasteiger partial charge in [0.25, 0.3) is 0 Å². The zero-order valence-electron chi connectivity index (χ0n) is 8.50. The van der Waals surface area contributed by atoms with Gasteiger partial charge in [0, 0.05) is 22.6 Å². The predicted molar refractivity (Wildman–Crippen MR) is 73.3 cm³/mol. The van der Waals surface area contributed by atoms with Crippen molar-refractivity contribution in [1.29, 1.82) is 0 Å². The summed E-state index contributed by atoms with van der Waals surface area (Å²) in [5.74, 6) is 0. The van der Waals surface area contributed by atoms with Crippen LogP contribution in [0.5, 0.6) is 0 Å². The van der Waals surface area contributed by atoms with Crippen molar-refractivity contribution < 1.29 is 0 Å². The molecule has 1 aliphatic heterocycles. The predicted octanol–water partition coefficient (Wildman–Crippen LogP) is 4.36. The van der Waals surface area contributed by atoms with Crippen molar-refractivity contribution in [3.05, 3.63) is 60.2 Å². The first-order valence-corrected chi connectivity index (χ1v) is 7.07. The Balaban J connectivity index is 0.000000112. The maximum atomic E-state index is 2.92. The van der Waals surface area contributed by atoms with Gasteiger partial charge in [-0.1, -0.05) is 48.6 Å². The summed E-state index contributed by atoms with van der Waals surface area (Å²) in [6, 6.07) is 0. The lowest BCUT2D eigenvalue weighted by Crippen LogP contribution is -1.76. The Labute approximate surface area is 99.6 Å². The van der Waals surface area contributed by atoms with Gasteiger partial charge in [0.05, 0.1) is 0 Å². The molecular weight excluding hydrogens is 222 g/mol. The minimum Gasteiger partial charge on any atom is -0.327 e. The van der Waals surface area contributed by atoms with E-state index in [-0.39, 0.29) is 0 Å². The number of rotatable bonds is 0. The Morgan fingerprint density at radius 2 is 1.33 bits per heavy atom. The van der Waals surface area contributed by atoms with E-state index in [2.05, 4.69) is 53.3 Å². The zero-order valence-corrected chi connectivity index (χ0v) is 10.1. The Bertz CT molecular complexity index is 240. The molecule has 3 heteroatoms. The van der Waals surface area contributed by atoms with Crippen molar-refractivity contribution in [2.75, 3.05) is 0 Å². The van der Waals surface area contributed by atoms with E-state index in [9.17, 15) is 0 Å². The van der Waals surface area contributed by atoms with Gasteiger partial charge in [-0.05, 0) is 23.6 Å². The summed E-state index contributed by atoms with van der Waals surface area (Å²) in [7, 11) is 3.33. The molecule has 0 fully saturated rings. The Morgan fingerprint density at radius 1 is 0.800 bits per heavy atom. The molecule has 1 nitrogen and oxygen atoms in total. The van der Waals surface area contributed by atoms with E-state index in [0.717, 1.165) is 12.8 Å². The van der Waals surface area contributed by atoms with Crippen molar-refractivity contribution >= 4 is 21.8 Å². The fourth-order valence-corrected chi connectivity index (χ4v) is 2.04. The lowest BCUT2D eigenvalue weighted by molar-refractivity contribution is 1.45. The normalized spacial score (nSPS) is 18.1. The van der Waals surface area contributed by atoms with Gasteiger partial charge in [-0.25, -0.2) is 0 Å². The van der Waals surface area contributed by atoms with Gasteiger partial charge in [-0.15, -0.1) is 0 Å². The van der Waals surface area contributed by atoms with Crippen molar-refractivity contribution in [2.24, 2.45) is 0 Å². The van der Waals surface area contributed by atoms with Gasteiger partial charge in [0.2, 0.25) is 0 Å². The molecule has 0 aromatic heterocycles. The van der Waals surface area contributed by atoms with Crippen LogP contribution in [-0.2, 0) is 0 Å². The van der Waals surface area contributed by atoms with Crippen LogP contribution in [0.3, 0.4) is 0 Å². The van der Waals surface area contributed by atoms with Crippen LogP contribution < -0.4 is 4.72 Å². The lowest BCUT2D eigenvalue weighted by atomic mass is 10.5. The van der Waals surface area contributed by atoms with E-state index in [4.69, 9.17) is 0 Å². The average molecular weight is 237 g/mol. The largest absolute Gasteiger partial charge is 0.327 e. The maximum Gasteiger partial charge on any atom is 0.0229 e. The molecule has 0 aromatic carbocycles. The standard InChI is InChI=1S/2C5H6.C2H3NS2/c3*1-2-4-5-3-1/h2*1-4H,5H2;1-3H. The molecule has 0 aromatic rings. The van der Waals surface area contributed by atoms with Gasteiger partial charge in [0.1, 0.15) is 0 Å². The third-order valence-electron chi connectivity index (χ3n) is 1.60. The minimum atomic E-state index is 1.14. The van der Waals surface area contributed by atoms with E-state index < -0.39 is 0 Å². The highest BCUT2D eigenvalue weighted by molar-refractivity contribution is 8.77. The molecule has 0 saturated carbocycles. The number of hydrogen-bond acceptors (Lipinski definition) is 3. The first kappa shape index (κ1) is 12.3. The first-order valence-electron chi connectivity index (χ1n) is 4.86. The smallest absolute Gasteiger partial charge is 0.0229 e. The number of hydrogen-bond donors (Lipinski definition) is 1. The highest BCUT2D eigenvalue weighted by Gasteiger charge is 1.83. The van der Waals surface area contributed by atoms with Crippen molar-refractivity contribution in [1.82, 2.24) is 4.72 Å². The molecule has 2 aliphatic carbocycles. The first-order chi connectivity index (χ1) is 7.50. The van der Waals surface area contributed by atoms with Gasteiger partial charge in [-0.2, -0.15) is 0 Å². The van der Waals surface area contributed by atoms with E-state index in [1.165, 1.54) is 0 Å². The zero-order chi connectivity index (χ0) is 10.6. The molecule has 0 atom stereocenters. The van der Waals surface area contributed by atoms with Crippen LogP contribution >= 0.6 is 21.8 Å². The van der Waals surface area contributed by atoms with Crippen LogP contribution in [0.25, 0.3) is 0 Å². The van der Waals surface area contributed by atoms with Crippen LogP contribution in [0.15, 0.2) is 60.2 Å². The summed E-state index contributed by atoms with van der Waals surface area (Å²) < 4.78 is 2.92. The van der Waals surface area contributed by atoms with Crippen molar-refractivity contribution in [2.45, 2.75) is 12.8 Å². The van der Waals surface area contributed by atoms with Crippen LogP contribution in [0.2, 0.25) is 0 Å². The van der Waals surface area contributed by atoms with E-state index >= 15 is 0 Å². The summed E-state index contributed by atoms with van der Waals surface area (Å²) in [6.45, 7) is 0. The molecule has 80 valence electrons. The highest BCUT2D eigenvalue weighted by Crippen LogP contribution is 2.22. The molecule has 0 unspecified atom stereocenters. The SMILES string of the molecule is C1=CCC=C1.C1=CCC=C1.C1=CSSN1. The average Bonchev–Trinajstić information content (AvgIpc) is 3.09. The molecule has 15 heavy (non-hydrogen) atoms. The van der Waals surface area contributed by atoms with E-state index in [0.29, 0.717) is 0 Å². The summed E-state index contributed by atoms with van der Waals surface area (Å²) in [4.78, 5) is 0. The molecule has 3 rings (SSSR count). The minimum absolute atomic E-state index is 1.14. The van der Waals surface area contributed by atoms with Crippen molar-refractivity contribution in [3.8, 4) is 0 Å². The van der Waals surface area contributed by atoms with Gasteiger partial charge < -0.3 is 4.72 Å². The van der Waals surface area contributed by atoms with Crippen LogP contribution in [0.1, 0.15) is 12.8 Å². The maximum absolute atomic E-state index is 2.92. The number of nitrogens with one attached hydrogen (secondary N) is 1. The highest BCUT2D eigenvalue weighted by atomic mass is 33.1. The Kier molecular flexibility index (Phi) is 7.97.